The number of hydrogen-bond acceptors (Lipinski definition) is 2. The monoisotopic (exact) mass is 285 g/mol. The molecule has 0 fully saturated rings. The van der Waals surface area contributed by atoms with Crippen LogP contribution in [0.5, 0.6) is 0 Å². The Morgan fingerprint density at radius 1 is 0.955 bits per heavy atom. The maximum atomic E-state index is 12.9. The normalized spacial score (nSPS) is 18.9. The van der Waals surface area contributed by atoms with Gasteiger partial charge in [-0.25, -0.2) is 0 Å². The van der Waals surface area contributed by atoms with Gasteiger partial charge in [0.25, 0.3) is 0 Å². The van der Waals surface area contributed by atoms with E-state index in [1.807, 2.05) is 61.5 Å². The number of aromatic nitrogens is 1. The van der Waals surface area contributed by atoms with E-state index in [-0.39, 0.29) is 11.7 Å². The number of ketones is 1. The zero-order chi connectivity index (χ0) is 15.1. The van der Waals surface area contributed by atoms with E-state index in [1.54, 1.807) is 6.20 Å². The first-order valence-corrected chi connectivity index (χ1v) is 7.44. The number of hydrogen-bond donors (Lipinski definition) is 0. The second kappa shape index (κ2) is 4.92. The average molecular weight is 285 g/mol. The van der Waals surface area contributed by atoms with Crippen molar-refractivity contribution in [2.75, 3.05) is 0 Å². The number of pyridine rings is 1. The third-order valence-corrected chi connectivity index (χ3v) is 4.36. The summed E-state index contributed by atoms with van der Waals surface area (Å²) < 4.78 is 0. The number of nitrogens with zero attached hydrogens (tertiary/aromatic N) is 1. The van der Waals surface area contributed by atoms with Crippen LogP contribution in [0.1, 0.15) is 34.3 Å². The van der Waals surface area contributed by atoms with E-state index in [0.717, 1.165) is 33.2 Å². The van der Waals surface area contributed by atoms with Crippen molar-refractivity contribution in [3.05, 3.63) is 83.6 Å². The first-order chi connectivity index (χ1) is 10.8. The van der Waals surface area contributed by atoms with Crippen LogP contribution in [0.25, 0.3) is 16.5 Å². The lowest BCUT2D eigenvalue weighted by molar-refractivity contribution is 0.0987. The Bertz CT molecular complexity index is 918. The van der Waals surface area contributed by atoms with Gasteiger partial charge >= 0.3 is 0 Å². The van der Waals surface area contributed by atoms with Gasteiger partial charge in [0, 0.05) is 17.1 Å². The Balaban J connectivity index is 1.98. The van der Waals surface area contributed by atoms with Crippen LogP contribution >= 0.6 is 0 Å². The van der Waals surface area contributed by atoms with Gasteiger partial charge in [-0.05, 0) is 29.7 Å². The number of carbonyl (C=O) groups excluding carboxylic acids is 1. The van der Waals surface area contributed by atoms with Crippen LogP contribution in [-0.2, 0) is 0 Å². The second-order valence-corrected chi connectivity index (χ2v) is 5.51. The van der Waals surface area contributed by atoms with Gasteiger partial charge in [-0.3, -0.25) is 9.78 Å². The van der Waals surface area contributed by atoms with E-state index in [0.29, 0.717) is 0 Å². The smallest absolute Gasteiger partial charge is 0.175 e. The third kappa shape index (κ3) is 1.74. The summed E-state index contributed by atoms with van der Waals surface area (Å²) in [5.74, 6) is -0.0807. The molecule has 1 unspecified atom stereocenters. The molecule has 0 radical (unpaired) electrons. The fraction of sp³-hybridized carbons (Fsp3) is 0.100. The molecule has 0 amide bonds. The highest BCUT2D eigenvalue weighted by Gasteiger charge is 2.36. The van der Waals surface area contributed by atoms with Crippen molar-refractivity contribution < 1.29 is 4.79 Å². The van der Waals surface area contributed by atoms with E-state index in [4.69, 9.17) is 0 Å². The number of allylic oxidation sites excluding steroid dienone is 2. The molecular formula is C20H15NO. The lowest BCUT2D eigenvalue weighted by atomic mass is 9.89. The molecule has 1 aliphatic rings. The molecule has 1 aliphatic carbocycles. The molecule has 3 aromatic rings. The first-order valence-electron chi connectivity index (χ1n) is 7.44. The Hall–Kier alpha value is -2.74. The van der Waals surface area contributed by atoms with Crippen LogP contribution in [0.4, 0.5) is 0 Å². The number of benzene rings is 2. The Labute approximate surface area is 129 Å². The van der Waals surface area contributed by atoms with Crippen molar-refractivity contribution >= 4 is 22.3 Å². The number of rotatable bonds is 1. The molecule has 0 bridgehead atoms. The Morgan fingerprint density at radius 2 is 1.73 bits per heavy atom. The summed E-state index contributed by atoms with van der Waals surface area (Å²) in [6, 6.07) is 17.9. The minimum Gasteiger partial charge on any atom is -0.293 e. The van der Waals surface area contributed by atoms with Crippen LogP contribution in [0.15, 0.2) is 66.9 Å². The van der Waals surface area contributed by atoms with Crippen LogP contribution < -0.4 is 0 Å². The highest BCUT2D eigenvalue weighted by molar-refractivity contribution is 6.18. The van der Waals surface area contributed by atoms with E-state index >= 15 is 0 Å². The van der Waals surface area contributed by atoms with Crippen LogP contribution in [0.3, 0.4) is 0 Å². The van der Waals surface area contributed by atoms with Crippen molar-refractivity contribution in [3.63, 3.8) is 0 Å². The maximum Gasteiger partial charge on any atom is 0.175 e. The summed E-state index contributed by atoms with van der Waals surface area (Å²) in [5.41, 5.74) is 4.85. The van der Waals surface area contributed by atoms with E-state index in [2.05, 4.69) is 11.1 Å². The summed E-state index contributed by atoms with van der Waals surface area (Å²) in [5, 5.41) is 1.07. The topological polar surface area (TPSA) is 30.0 Å². The SMILES string of the molecule is C/C=C1/c2ccccc2C(=O)C1c1cccc2cccnc12. The molecule has 4 rings (SSSR count). The highest BCUT2D eigenvalue weighted by Crippen LogP contribution is 2.44. The molecule has 2 heteroatoms. The van der Waals surface area contributed by atoms with Crippen molar-refractivity contribution in [2.45, 2.75) is 12.8 Å². The highest BCUT2D eigenvalue weighted by atomic mass is 16.1. The van der Waals surface area contributed by atoms with Crippen LogP contribution in [-0.4, -0.2) is 10.8 Å². The standard InChI is InChI=1S/C20H15NO/c1-2-14-15-9-3-4-10-16(15)20(22)18(14)17-11-5-7-13-8-6-12-21-19(13)17/h2-12,18H,1H3/b14-2-. The number of para-hydroxylation sites is 1. The lowest BCUT2D eigenvalue weighted by Gasteiger charge is -2.13. The number of Topliss-reactive ketones (excluding diaryl/α,β-unsaturated/α-hetero) is 1. The third-order valence-electron chi connectivity index (χ3n) is 4.36. The van der Waals surface area contributed by atoms with E-state index in [1.165, 1.54) is 0 Å². The lowest BCUT2D eigenvalue weighted by Crippen LogP contribution is -2.07. The van der Waals surface area contributed by atoms with Gasteiger partial charge in [0.2, 0.25) is 0 Å². The van der Waals surface area contributed by atoms with Gasteiger partial charge in [0.05, 0.1) is 11.4 Å². The minimum absolute atomic E-state index is 0.168. The summed E-state index contributed by atoms with van der Waals surface area (Å²) in [6.07, 6.45) is 3.84. The molecule has 2 nitrogen and oxygen atoms in total. The van der Waals surface area contributed by atoms with Crippen LogP contribution in [0.2, 0.25) is 0 Å². The van der Waals surface area contributed by atoms with Crippen molar-refractivity contribution in [3.8, 4) is 0 Å². The second-order valence-electron chi connectivity index (χ2n) is 5.51. The molecule has 2 aromatic carbocycles. The van der Waals surface area contributed by atoms with Gasteiger partial charge in [-0.2, -0.15) is 0 Å². The summed E-state index contributed by atoms with van der Waals surface area (Å²) in [7, 11) is 0. The molecular weight excluding hydrogens is 270 g/mol. The molecule has 0 aliphatic heterocycles. The summed E-state index contributed by atoms with van der Waals surface area (Å²) >= 11 is 0. The van der Waals surface area contributed by atoms with Crippen molar-refractivity contribution in [1.82, 2.24) is 4.98 Å². The number of fused-ring (bicyclic) bond motifs is 2. The van der Waals surface area contributed by atoms with Crippen molar-refractivity contribution in [2.24, 2.45) is 0 Å². The zero-order valence-electron chi connectivity index (χ0n) is 12.3. The summed E-state index contributed by atoms with van der Waals surface area (Å²) in [6.45, 7) is 2.00. The molecule has 1 atom stereocenters. The fourth-order valence-corrected chi connectivity index (χ4v) is 3.39. The predicted molar refractivity (Wildman–Crippen MR) is 88.9 cm³/mol. The van der Waals surface area contributed by atoms with Crippen molar-refractivity contribution in [1.29, 1.82) is 0 Å². The molecule has 0 spiro atoms. The minimum atomic E-state index is -0.249. The molecule has 106 valence electrons. The Morgan fingerprint density at radius 3 is 2.55 bits per heavy atom. The largest absolute Gasteiger partial charge is 0.293 e. The average Bonchev–Trinajstić information content (AvgIpc) is 2.87. The van der Waals surface area contributed by atoms with Gasteiger partial charge in [0.1, 0.15) is 0 Å². The summed E-state index contributed by atoms with van der Waals surface area (Å²) in [4.78, 5) is 17.5. The quantitative estimate of drug-likeness (QED) is 0.653. The number of carbonyl (C=O) groups is 1. The van der Waals surface area contributed by atoms with E-state index < -0.39 is 0 Å². The molecule has 1 heterocycles. The Kier molecular flexibility index (Phi) is 2.90. The maximum absolute atomic E-state index is 12.9. The van der Waals surface area contributed by atoms with Crippen LogP contribution in [0, 0.1) is 0 Å². The van der Waals surface area contributed by atoms with Gasteiger partial charge in [0.15, 0.2) is 5.78 Å². The van der Waals surface area contributed by atoms with E-state index in [9.17, 15) is 4.79 Å². The molecule has 1 aromatic heterocycles. The zero-order valence-corrected chi connectivity index (χ0v) is 12.3. The molecule has 0 saturated heterocycles. The van der Waals surface area contributed by atoms with Gasteiger partial charge in [-0.15, -0.1) is 0 Å². The van der Waals surface area contributed by atoms with Gasteiger partial charge in [-0.1, -0.05) is 54.6 Å². The fourth-order valence-electron chi connectivity index (χ4n) is 3.39. The molecule has 0 saturated carbocycles. The van der Waals surface area contributed by atoms with Gasteiger partial charge < -0.3 is 0 Å². The molecule has 0 N–H and O–H groups in total. The predicted octanol–water partition coefficient (Wildman–Crippen LogP) is 4.62. The molecule has 22 heavy (non-hydrogen) atoms. The first kappa shape index (κ1) is 13.0.